The number of carbonyl (C=O) groups is 5. The van der Waals surface area contributed by atoms with Gasteiger partial charge < -0.3 is 31.9 Å². The standard InChI is InChI=1S/C30H53N7O6/c1-9-12-23(28(41)33-19(4)18-32-20(5)25(38)34-22(10-2)27(40)31-11-3)35-29(42)24(17-30(6,7)8)36-26(39)21-13-15-37(43)16-14-21/h13-15,19-20,22-24,32,43H,9-12,16-18H2,1-8H3,(H,31,40)(H,33,41)(H,34,38)(H,35,42)(H,36,39)/t19?,20-,22-,23-,24-/m0/s1. The second kappa shape index (κ2) is 18.3. The molecule has 1 rings (SSSR count). The summed E-state index contributed by atoms with van der Waals surface area (Å²) in [6, 6.07) is -3.30. The van der Waals surface area contributed by atoms with Gasteiger partial charge in [0.1, 0.15) is 18.1 Å². The maximum Gasteiger partial charge on any atom is 0.251 e. The van der Waals surface area contributed by atoms with E-state index in [1.54, 1.807) is 19.9 Å². The number of nitrogens with one attached hydrogen (secondary N) is 6. The molecule has 0 radical (unpaired) electrons. The molecule has 5 amide bonds. The summed E-state index contributed by atoms with van der Waals surface area (Å²) in [6.45, 7) is 15.8. The Labute approximate surface area is 256 Å². The van der Waals surface area contributed by atoms with Crippen molar-refractivity contribution in [2.24, 2.45) is 5.41 Å². The second-order valence-electron chi connectivity index (χ2n) is 12.1. The predicted octanol–water partition coefficient (Wildman–Crippen LogP) is 0.851. The minimum Gasteiger partial charge on any atom is -0.355 e. The molecule has 1 heterocycles. The largest absolute Gasteiger partial charge is 0.355 e. The molecule has 43 heavy (non-hydrogen) atoms. The highest BCUT2D eigenvalue weighted by molar-refractivity contribution is 6.00. The third kappa shape index (κ3) is 14.0. The van der Waals surface area contributed by atoms with Crippen LogP contribution < -0.4 is 31.9 Å². The minimum absolute atomic E-state index is 0.153. The van der Waals surface area contributed by atoms with Gasteiger partial charge in [-0.25, -0.2) is 0 Å². The monoisotopic (exact) mass is 607 g/mol. The molecule has 0 saturated heterocycles. The molecule has 7 N–H and O–H groups in total. The summed E-state index contributed by atoms with van der Waals surface area (Å²) < 4.78 is 0. The Morgan fingerprint density at radius 1 is 0.884 bits per heavy atom. The zero-order chi connectivity index (χ0) is 32.7. The highest BCUT2D eigenvalue weighted by atomic mass is 16.5. The van der Waals surface area contributed by atoms with Crippen molar-refractivity contribution in [2.75, 3.05) is 19.6 Å². The van der Waals surface area contributed by atoms with Gasteiger partial charge >= 0.3 is 0 Å². The molecular formula is C30H53N7O6. The van der Waals surface area contributed by atoms with E-state index in [9.17, 15) is 29.2 Å². The van der Waals surface area contributed by atoms with E-state index in [0.29, 0.717) is 37.8 Å². The molecule has 13 nitrogen and oxygen atoms in total. The Balaban J connectivity index is 2.79. The number of likely N-dealkylation sites (N-methyl/N-ethyl adjacent to an activating group) is 1. The van der Waals surface area contributed by atoms with Crippen molar-refractivity contribution in [3.8, 4) is 0 Å². The van der Waals surface area contributed by atoms with Crippen molar-refractivity contribution in [2.45, 2.75) is 111 Å². The lowest BCUT2D eigenvalue weighted by atomic mass is 9.87. The average molecular weight is 608 g/mol. The first-order chi connectivity index (χ1) is 20.1. The summed E-state index contributed by atoms with van der Waals surface area (Å²) in [5.74, 6) is -1.84. The molecule has 1 aliphatic heterocycles. The Bertz CT molecular complexity index is 1020. The fourth-order valence-corrected chi connectivity index (χ4v) is 4.34. The normalized spacial score (nSPS) is 16.6. The van der Waals surface area contributed by atoms with Gasteiger partial charge in [0.05, 0.1) is 12.6 Å². The van der Waals surface area contributed by atoms with Gasteiger partial charge in [0.15, 0.2) is 0 Å². The SMILES string of the molecule is CCC[C@H](NC(=O)[C@H](CC(C)(C)C)NC(=O)C1=CCN(O)C=C1)C(=O)NC(C)CN[C@@H](C)C(=O)N[C@@H](CC)C(=O)NCC. The smallest absolute Gasteiger partial charge is 0.251 e. The maximum atomic E-state index is 13.4. The molecule has 0 aromatic carbocycles. The van der Waals surface area contributed by atoms with Crippen LogP contribution in [0.15, 0.2) is 23.9 Å². The number of rotatable bonds is 17. The van der Waals surface area contributed by atoms with Crippen LogP contribution in [0.5, 0.6) is 0 Å². The van der Waals surface area contributed by atoms with Crippen LogP contribution in [0.4, 0.5) is 0 Å². The van der Waals surface area contributed by atoms with Crippen molar-refractivity contribution in [3.63, 3.8) is 0 Å². The molecule has 0 saturated carbocycles. The van der Waals surface area contributed by atoms with Crippen LogP contribution in [0, 0.1) is 5.41 Å². The van der Waals surface area contributed by atoms with Crippen molar-refractivity contribution < 1.29 is 29.2 Å². The fraction of sp³-hybridized carbons (Fsp3) is 0.700. The van der Waals surface area contributed by atoms with E-state index in [-0.39, 0.29) is 42.3 Å². The van der Waals surface area contributed by atoms with Gasteiger partial charge in [-0.05, 0) is 57.6 Å². The van der Waals surface area contributed by atoms with Crippen molar-refractivity contribution in [1.29, 1.82) is 0 Å². The molecule has 244 valence electrons. The lowest BCUT2D eigenvalue weighted by molar-refractivity contribution is -0.132. The molecule has 0 bridgehead atoms. The van der Waals surface area contributed by atoms with Gasteiger partial charge in [-0.15, -0.1) is 0 Å². The molecule has 0 aromatic heterocycles. The first kappa shape index (κ1) is 37.6. The van der Waals surface area contributed by atoms with Crippen LogP contribution in [0.1, 0.15) is 81.1 Å². The van der Waals surface area contributed by atoms with Crippen molar-refractivity contribution in [1.82, 2.24) is 37.0 Å². The summed E-state index contributed by atoms with van der Waals surface area (Å²) in [5.41, 5.74) is 0.0369. The number of hydrogen-bond donors (Lipinski definition) is 7. The van der Waals surface area contributed by atoms with Crippen LogP contribution in [-0.4, -0.2) is 89.6 Å². The first-order valence-corrected chi connectivity index (χ1v) is 15.2. The molecule has 0 aromatic rings. The zero-order valence-corrected chi connectivity index (χ0v) is 27.0. The average Bonchev–Trinajstić information content (AvgIpc) is 2.93. The van der Waals surface area contributed by atoms with Gasteiger partial charge in [-0.3, -0.25) is 34.2 Å². The van der Waals surface area contributed by atoms with Gasteiger partial charge in [-0.1, -0.05) is 41.0 Å². The fourth-order valence-electron chi connectivity index (χ4n) is 4.34. The highest BCUT2D eigenvalue weighted by Gasteiger charge is 2.31. The van der Waals surface area contributed by atoms with E-state index < -0.39 is 36.0 Å². The molecule has 0 aliphatic carbocycles. The van der Waals surface area contributed by atoms with E-state index in [2.05, 4.69) is 31.9 Å². The Hall–Kier alpha value is -3.45. The summed E-state index contributed by atoms with van der Waals surface area (Å²) in [5, 5.41) is 27.4. The molecule has 5 atom stereocenters. The number of carbonyl (C=O) groups excluding carboxylic acids is 5. The number of hydrogen-bond acceptors (Lipinski definition) is 8. The van der Waals surface area contributed by atoms with E-state index in [4.69, 9.17) is 0 Å². The Morgan fingerprint density at radius 3 is 2.05 bits per heavy atom. The molecule has 0 fully saturated rings. The second-order valence-corrected chi connectivity index (χ2v) is 12.1. The third-order valence-corrected chi connectivity index (χ3v) is 6.74. The van der Waals surface area contributed by atoms with Crippen LogP contribution in [0.3, 0.4) is 0 Å². The molecular weight excluding hydrogens is 554 g/mol. The number of hydroxylamine groups is 2. The minimum atomic E-state index is -0.883. The molecule has 0 spiro atoms. The Kier molecular flexibility index (Phi) is 16.0. The summed E-state index contributed by atoms with van der Waals surface area (Å²) >= 11 is 0. The van der Waals surface area contributed by atoms with Gasteiger partial charge in [0, 0.05) is 30.9 Å². The summed E-state index contributed by atoms with van der Waals surface area (Å²) in [7, 11) is 0. The first-order valence-electron chi connectivity index (χ1n) is 15.2. The number of nitrogens with zero attached hydrogens (tertiary/aromatic N) is 1. The van der Waals surface area contributed by atoms with Gasteiger partial charge in [0.2, 0.25) is 23.6 Å². The van der Waals surface area contributed by atoms with Crippen LogP contribution >= 0.6 is 0 Å². The van der Waals surface area contributed by atoms with E-state index in [1.165, 1.54) is 12.3 Å². The topological polar surface area (TPSA) is 181 Å². The Morgan fingerprint density at radius 2 is 1.51 bits per heavy atom. The lowest BCUT2D eigenvalue weighted by Crippen LogP contribution is -2.57. The van der Waals surface area contributed by atoms with Crippen molar-refractivity contribution >= 4 is 29.5 Å². The predicted molar refractivity (Wildman–Crippen MR) is 165 cm³/mol. The maximum absolute atomic E-state index is 13.4. The molecule has 1 aliphatic rings. The van der Waals surface area contributed by atoms with Crippen molar-refractivity contribution in [3.05, 3.63) is 23.9 Å². The van der Waals surface area contributed by atoms with Gasteiger partial charge in [0.25, 0.3) is 5.91 Å². The van der Waals surface area contributed by atoms with Crippen LogP contribution in [0.2, 0.25) is 0 Å². The van der Waals surface area contributed by atoms with E-state index >= 15 is 0 Å². The molecule has 1 unspecified atom stereocenters. The lowest BCUT2D eigenvalue weighted by Gasteiger charge is -2.29. The van der Waals surface area contributed by atoms with Crippen LogP contribution in [-0.2, 0) is 24.0 Å². The molecule has 13 heteroatoms. The van der Waals surface area contributed by atoms with E-state index in [1.807, 2.05) is 41.5 Å². The zero-order valence-electron chi connectivity index (χ0n) is 27.0. The number of amides is 5. The quantitative estimate of drug-likeness (QED) is 0.127. The third-order valence-electron chi connectivity index (χ3n) is 6.74. The summed E-state index contributed by atoms with van der Waals surface area (Å²) in [6.07, 6.45) is 6.21. The summed E-state index contributed by atoms with van der Waals surface area (Å²) in [4.78, 5) is 64.1. The van der Waals surface area contributed by atoms with E-state index in [0.717, 1.165) is 5.06 Å². The van der Waals surface area contributed by atoms with Crippen LogP contribution in [0.25, 0.3) is 0 Å². The highest BCUT2D eigenvalue weighted by Crippen LogP contribution is 2.21. The van der Waals surface area contributed by atoms with Gasteiger partial charge in [-0.2, -0.15) is 0 Å².